The molecule has 1 amide bonds. The van der Waals surface area contributed by atoms with Crippen molar-refractivity contribution in [1.29, 1.82) is 0 Å². The summed E-state index contributed by atoms with van der Waals surface area (Å²) in [4.78, 5) is 18.3. The van der Waals surface area contributed by atoms with Crippen LogP contribution in [0.2, 0.25) is 0 Å². The molecule has 0 spiro atoms. The lowest BCUT2D eigenvalue weighted by Crippen LogP contribution is -2.40. The molecule has 3 rings (SSSR count). The third kappa shape index (κ3) is 4.02. The van der Waals surface area contributed by atoms with E-state index in [1.807, 2.05) is 24.3 Å². The highest BCUT2D eigenvalue weighted by molar-refractivity contribution is 5.93. The van der Waals surface area contributed by atoms with Crippen LogP contribution in [0.1, 0.15) is 10.4 Å². The van der Waals surface area contributed by atoms with Crippen LogP contribution in [0.25, 0.3) is 0 Å². The summed E-state index contributed by atoms with van der Waals surface area (Å²) in [6.07, 6.45) is 3.01. The zero-order valence-corrected chi connectivity index (χ0v) is 13.6. The van der Waals surface area contributed by atoms with Crippen molar-refractivity contribution in [2.24, 2.45) is 0 Å². The topological polar surface area (TPSA) is 60.9 Å². The molecule has 126 valence electrons. The predicted octanol–water partition coefficient (Wildman–Crippen LogP) is 2.01. The number of nitrogens with zero attached hydrogens (tertiary/aromatic N) is 2. The molecule has 1 atom stereocenters. The lowest BCUT2D eigenvalue weighted by atomic mass is 10.2. The first-order valence-electron chi connectivity index (χ1n) is 7.84. The summed E-state index contributed by atoms with van der Waals surface area (Å²) in [5.41, 5.74) is 0.572. The van der Waals surface area contributed by atoms with E-state index in [1.165, 1.54) is 0 Å². The van der Waals surface area contributed by atoms with Crippen molar-refractivity contribution in [1.82, 2.24) is 9.88 Å². The Morgan fingerprint density at radius 1 is 1.25 bits per heavy atom. The predicted molar refractivity (Wildman–Crippen MR) is 88.4 cm³/mol. The van der Waals surface area contributed by atoms with Crippen molar-refractivity contribution in [3.05, 3.63) is 54.4 Å². The van der Waals surface area contributed by atoms with E-state index in [0.717, 1.165) is 11.5 Å². The van der Waals surface area contributed by atoms with Gasteiger partial charge in [-0.25, -0.2) is 0 Å². The molecule has 2 heterocycles. The molecule has 0 aliphatic carbocycles. The van der Waals surface area contributed by atoms with Gasteiger partial charge in [-0.15, -0.1) is 0 Å². The largest absolute Gasteiger partial charge is 0.497 e. The zero-order chi connectivity index (χ0) is 16.8. The Kier molecular flexibility index (Phi) is 5.28. The van der Waals surface area contributed by atoms with Gasteiger partial charge >= 0.3 is 0 Å². The van der Waals surface area contributed by atoms with E-state index in [0.29, 0.717) is 31.9 Å². The van der Waals surface area contributed by atoms with Crippen LogP contribution in [0.5, 0.6) is 11.5 Å². The van der Waals surface area contributed by atoms with Gasteiger partial charge in [-0.2, -0.15) is 0 Å². The summed E-state index contributed by atoms with van der Waals surface area (Å²) in [5.74, 6) is 1.44. The molecule has 1 aromatic heterocycles. The lowest BCUT2D eigenvalue weighted by Gasteiger charge is -2.24. The first-order valence-corrected chi connectivity index (χ1v) is 7.84. The van der Waals surface area contributed by atoms with Crippen LogP contribution in [-0.2, 0) is 4.74 Å². The fourth-order valence-electron chi connectivity index (χ4n) is 2.55. The van der Waals surface area contributed by atoms with Gasteiger partial charge in [0, 0.05) is 18.9 Å². The summed E-state index contributed by atoms with van der Waals surface area (Å²) in [7, 11) is 1.62. The highest BCUT2D eigenvalue weighted by atomic mass is 16.5. The van der Waals surface area contributed by atoms with Gasteiger partial charge in [0.05, 0.1) is 32.4 Å². The number of hydrogen-bond donors (Lipinski definition) is 0. The smallest absolute Gasteiger partial charge is 0.255 e. The lowest BCUT2D eigenvalue weighted by molar-refractivity contribution is 0.0651. The highest BCUT2D eigenvalue weighted by Crippen LogP contribution is 2.19. The van der Waals surface area contributed by atoms with Gasteiger partial charge in [-0.3, -0.25) is 9.78 Å². The van der Waals surface area contributed by atoms with E-state index in [-0.39, 0.29) is 12.0 Å². The van der Waals surface area contributed by atoms with E-state index in [2.05, 4.69) is 4.98 Å². The fraction of sp³-hybridized carbons (Fsp3) is 0.333. The monoisotopic (exact) mass is 328 g/mol. The second-order valence-corrected chi connectivity index (χ2v) is 5.48. The first kappa shape index (κ1) is 16.3. The SMILES string of the molecule is COc1ccc(OC2COCCN(C(=O)c3cccnc3)C2)cc1. The molecule has 0 saturated carbocycles. The van der Waals surface area contributed by atoms with Gasteiger partial charge < -0.3 is 19.1 Å². The molecule has 1 saturated heterocycles. The van der Waals surface area contributed by atoms with Gasteiger partial charge in [0.1, 0.15) is 17.6 Å². The number of aromatic nitrogens is 1. The number of rotatable bonds is 4. The number of carbonyl (C=O) groups is 1. The quantitative estimate of drug-likeness (QED) is 0.859. The van der Waals surface area contributed by atoms with Crippen molar-refractivity contribution < 1.29 is 19.0 Å². The number of carbonyl (C=O) groups excluding carboxylic acids is 1. The van der Waals surface area contributed by atoms with Crippen LogP contribution in [0.3, 0.4) is 0 Å². The molecule has 1 aromatic carbocycles. The average Bonchev–Trinajstić information content (AvgIpc) is 2.88. The molecular weight excluding hydrogens is 308 g/mol. The second-order valence-electron chi connectivity index (χ2n) is 5.48. The van der Waals surface area contributed by atoms with E-state index >= 15 is 0 Å². The van der Waals surface area contributed by atoms with Crippen molar-refractivity contribution in [3.63, 3.8) is 0 Å². The number of methoxy groups -OCH3 is 1. The molecule has 1 aliphatic rings. The zero-order valence-electron chi connectivity index (χ0n) is 13.6. The molecule has 1 unspecified atom stereocenters. The Bertz CT molecular complexity index is 660. The standard InChI is InChI=1S/C18H20N2O4/c1-22-15-4-6-16(7-5-15)24-17-12-20(9-10-23-13-17)18(21)14-3-2-8-19-11-14/h2-8,11,17H,9-10,12-13H2,1H3. The van der Waals surface area contributed by atoms with Crippen molar-refractivity contribution in [3.8, 4) is 11.5 Å². The van der Waals surface area contributed by atoms with Gasteiger partial charge in [-0.1, -0.05) is 0 Å². The van der Waals surface area contributed by atoms with Crippen LogP contribution in [0.15, 0.2) is 48.8 Å². The minimum atomic E-state index is -0.221. The van der Waals surface area contributed by atoms with Crippen LogP contribution >= 0.6 is 0 Å². The number of pyridine rings is 1. The Labute approximate surface area is 141 Å². The molecule has 24 heavy (non-hydrogen) atoms. The van der Waals surface area contributed by atoms with E-state index in [1.54, 1.807) is 36.5 Å². The maximum absolute atomic E-state index is 12.6. The first-order chi connectivity index (χ1) is 11.8. The van der Waals surface area contributed by atoms with E-state index < -0.39 is 0 Å². The van der Waals surface area contributed by atoms with Crippen molar-refractivity contribution in [2.45, 2.75) is 6.10 Å². The molecule has 6 nitrogen and oxygen atoms in total. The number of amides is 1. The van der Waals surface area contributed by atoms with Gasteiger partial charge in [-0.05, 0) is 36.4 Å². The molecule has 1 fully saturated rings. The maximum atomic E-state index is 12.6. The third-order valence-corrected chi connectivity index (χ3v) is 3.79. The Balaban J connectivity index is 1.66. The minimum absolute atomic E-state index is 0.0584. The molecule has 1 aliphatic heterocycles. The number of hydrogen-bond acceptors (Lipinski definition) is 5. The fourth-order valence-corrected chi connectivity index (χ4v) is 2.55. The van der Waals surface area contributed by atoms with Crippen LogP contribution in [0, 0.1) is 0 Å². The molecule has 0 N–H and O–H groups in total. The maximum Gasteiger partial charge on any atom is 0.255 e. The third-order valence-electron chi connectivity index (χ3n) is 3.79. The van der Waals surface area contributed by atoms with Crippen molar-refractivity contribution >= 4 is 5.91 Å². The van der Waals surface area contributed by atoms with Gasteiger partial charge in [0.2, 0.25) is 0 Å². The minimum Gasteiger partial charge on any atom is -0.497 e. The van der Waals surface area contributed by atoms with Gasteiger partial charge in [0.25, 0.3) is 5.91 Å². The van der Waals surface area contributed by atoms with Crippen LogP contribution < -0.4 is 9.47 Å². The number of benzene rings is 1. The van der Waals surface area contributed by atoms with Crippen LogP contribution in [-0.4, -0.2) is 55.3 Å². The Hall–Kier alpha value is -2.60. The summed E-state index contributed by atoms with van der Waals surface area (Å²) in [6, 6.07) is 10.9. The number of ether oxygens (including phenoxy) is 3. The van der Waals surface area contributed by atoms with Crippen LogP contribution in [0.4, 0.5) is 0 Å². The Morgan fingerprint density at radius 3 is 2.75 bits per heavy atom. The average molecular weight is 328 g/mol. The molecule has 2 aromatic rings. The Morgan fingerprint density at radius 2 is 2.04 bits per heavy atom. The molecular formula is C18H20N2O4. The summed E-state index contributed by atoms with van der Waals surface area (Å²) in [6.45, 7) is 1.95. The summed E-state index contributed by atoms with van der Waals surface area (Å²) in [5, 5.41) is 0. The highest BCUT2D eigenvalue weighted by Gasteiger charge is 2.24. The van der Waals surface area contributed by atoms with Crippen molar-refractivity contribution in [2.75, 3.05) is 33.4 Å². The molecule has 6 heteroatoms. The summed E-state index contributed by atoms with van der Waals surface area (Å²) < 4.78 is 16.7. The van der Waals surface area contributed by atoms with Gasteiger partial charge in [0.15, 0.2) is 0 Å². The normalized spacial score (nSPS) is 17.9. The second kappa shape index (κ2) is 7.79. The van der Waals surface area contributed by atoms with E-state index in [9.17, 15) is 4.79 Å². The summed E-state index contributed by atoms with van der Waals surface area (Å²) >= 11 is 0. The molecule has 0 radical (unpaired) electrons. The van der Waals surface area contributed by atoms with E-state index in [4.69, 9.17) is 14.2 Å². The molecule has 0 bridgehead atoms.